The summed E-state index contributed by atoms with van der Waals surface area (Å²) in [6, 6.07) is 6.56. The molecule has 1 unspecified atom stereocenters. The second-order valence-corrected chi connectivity index (χ2v) is 13.3. The average molecular weight is 643 g/mol. The summed E-state index contributed by atoms with van der Waals surface area (Å²) in [7, 11) is 0. The van der Waals surface area contributed by atoms with Crippen LogP contribution in [0.5, 0.6) is 0 Å². The first-order valence-corrected chi connectivity index (χ1v) is 15.6. The van der Waals surface area contributed by atoms with Gasteiger partial charge in [0.25, 0.3) is 5.91 Å². The van der Waals surface area contributed by atoms with Gasteiger partial charge >= 0.3 is 6.09 Å². The molecular formula is C30H39ClN8O4S. The normalized spacial score (nSPS) is 14.3. The third-order valence-electron chi connectivity index (χ3n) is 6.77. The summed E-state index contributed by atoms with van der Waals surface area (Å²) >= 11 is 7.45. The van der Waals surface area contributed by atoms with Crippen molar-refractivity contribution in [2.45, 2.75) is 60.1 Å². The highest BCUT2D eigenvalue weighted by molar-refractivity contribution is 7.17. The maximum atomic E-state index is 13.3. The Hall–Kier alpha value is -3.97. The topological polar surface area (TPSA) is 142 Å². The molecule has 1 aromatic carbocycles. The summed E-state index contributed by atoms with van der Waals surface area (Å²) in [5.74, 6) is 1.26. The second-order valence-electron chi connectivity index (χ2n) is 11.9. The number of aryl methyl sites for hydroxylation is 2. The predicted molar refractivity (Wildman–Crippen MR) is 173 cm³/mol. The van der Waals surface area contributed by atoms with Crippen molar-refractivity contribution in [2.75, 3.05) is 41.7 Å². The first kappa shape index (κ1) is 32.9. The molecular weight excluding hydrogens is 604 g/mol. The summed E-state index contributed by atoms with van der Waals surface area (Å²) in [5.41, 5.74) is 0.773. The van der Waals surface area contributed by atoms with E-state index in [0.29, 0.717) is 64.4 Å². The van der Waals surface area contributed by atoms with Gasteiger partial charge < -0.3 is 30.5 Å². The summed E-state index contributed by atoms with van der Waals surface area (Å²) < 4.78 is 5.36. The lowest BCUT2D eigenvalue weighted by Gasteiger charge is -2.38. The summed E-state index contributed by atoms with van der Waals surface area (Å²) in [5, 5.41) is 9.76. The first-order valence-electron chi connectivity index (χ1n) is 14.4. The van der Waals surface area contributed by atoms with Gasteiger partial charge in [-0.25, -0.2) is 19.7 Å². The predicted octanol–water partition coefficient (Wildman–Crippen LogP) is 5.40. The molecule has 3 aromatic rings. The number of anilines is 4. The second kappa shape index (κ2) is 13.8. The Morgan fingerprint density at radius 1 is 1.07 bits per heavy atom. The molecule has 1 saturated heterocycles. The van der Waals surface area contributed by atoms with Crippen LogP contribution in [0.15, 0.2) is 30.5 Å². The molecule has 1 atom stereocenters. The van der Waals surface area contributed by atoms with Crippen LogP contribution in [0.1, 0.15) is 55.7 Å². The Balaban J connectivity index is 1.37. The van der Waals surface area contributed by atoms with Gasteiger partial charge in [0.2, 0.25) is 5.91 Å². The van der Waals surface area contributed by atoms with Gasteiger partial charge in [-0.3, -0.25) is 9.59 Å². The Labute approximate surface area is 266 Å². The van der Waals surface area contributed by atoms with Crippen molar-refractivity contribution in [1.29, 1.82) is 0 Å². The Morgan fingerprint density at radius 2 is 1.77 bits per heavy atom. The van der Waals surface area contributed by atoms with Crippen molar-refractivity contribution in [1.82, 2.24) is 25.2 Å². The maximum absolute atomic E-state index is 13.3. The summed E-state index contributed by atoms with van der Waals surface area (Å²) in [6.45, 7) is 14.9. The standard InChI is InChI=1S/C30H39ClN8O4S/c1-17(2)24(37-29(42)43-30(5,6)7)27(41)39-13-11-38(12-14-39)23-15-22(33-19(4)34-23)35-28-32-16-21(44-28)26(40)36-25-18(3)9-8-10-20(25)31/h8-10,15-17,24H,11-14H2,1-7H3,(H,36,40)(H,37,42)(H,32,33,34,35). The van der Waals surface area contributed by atoms with Gasteiger partial charge in [0.1, 0.15) is 34.0 Å². The highest BCUT2D eigenvalue weighted by atomic mass is 35.5. The van der Waals surface area contributed by atoms with E-state index in [1.807, 2.05) is 39.0 Å². The fraction of sp³-hybridized carbons (Fsp3) is 0.467. The van der Waals surface area contributed by atoms with E-state index < -0.39 is 17.7 Å². The number of alkyl carbamates (subject to hydrolysis) is 1. The molecule has 0 saturated carbocycles. The number of hydrogen-bond acceptors (Lipinski definition) is 10. The highest BCUT2D eigenvalue weighted by Gasteiger charge is 2.32. The van der Waals surface area contributed by atoms with Gasteiger partial charge in [-0.1, -0.05) is 48.9 Å². The Kier molecular flexibility index (Phi) is 10.3. The van der Waals surface area contributed by atoms with Crippen LogP contribution in [-0.2, 0) is 9.53 Å². The molecule has 3 heterocycles. The average Bonchev–Trinajstić information content (AvgIpc) is 3.40. The van der Waals surface area contributed by atoms with Crippen molar-refractivity contribution in [3.05, 3.63) is 51.7 Å². The Bertz CT molecular complexity index is 1490. The number of amides is 3. The summed E-state index contributed by atoms with van der Waals surface area (Å²) in [4.78, 5) is 56.3. The lowest BCUT2D eigenvalue weighted by atomic mass is 10.0. The van der Waals surface area contributed by atoms with E-state index in [4.69, 9.17) is 16.3 Å². The number of carbonyl (C=O) groups is 3. The number of hydrogen-bond donors (Lipinski definition) is 3. The number of halogens is 1. The summed E-state index contributed by atoms with van der Waals surface area (Å²) in [6.07, 6.45) is 0.894. The van der Waals surface area contributed by atoms with Crippen molar-refractivity contribution < 1.29 is 19.1 Å². The molecule has 0 radical (unpaired) electrons. The van der Waals surface area contributed by atoms with E-state index in [1.54, 1.807) is 38.7 Å². The molecule has 44 heavy (non-hydrogen) atoms. The molecule has 3 N–H and O–H groups in total. The van der Waals surface area contributed by atoms with Gasteiger partial charge in [0.05, 0.1) is 16.9 Å². The molecule has 236 valence electrons. The van der Waals surface area contributed by atoms with Gasteiger partial charge in [0, 0.05) is 32.2 Å². The van der Waals surface area contributed by atoms with E-state index in [-0.39, 0.29) is 17.7 Å². The van der Waals surface area contributed by atoms with Crippen LogP contribution >= 0.6 is 22.9 Å². The van der Waals surface area contributed by atoms with Crippen LogP contribution in [0.2, 0.25) is 5.02 Å². The third-order valence-corrected chi connectivity index (χ3v) is 8.00. The van der Waals surface area contributed by atoms with Gasteiger partial charge in [-0.15, -0.1) is 0 Å². The number of benzene rings is 1. The number of carbonyl (C=O) groups excluding carboxylic acids is 3. The lowest BCUT2D eigenvalue weighted by Crippen LogP contribution is -2.57. The molecule has 12 nitrogen and oxygen atoms in total. The highest BCUT2D eigenvalue weighted by Crippen LogP contribution is 2.28. The minimum absolute atomic E-state index is 0.107. The third kappa shape index (κ3) is 8.56. The molecule has 1 aliphatic heterocycles. The van der Waals surface area contributed by atoms with E-state index in [9.17, 15) is 14.4 Å². The smallest absolute Gasteiger partial charge is 0.408 e. The van der Waals surface area contributed by atoms with Crippen molar-refractivity contribution >= 4 is 63.3 Å². The molecule has 1 fully saturated rings. The van der Waals surface area contributed by atoms with Gasteiger partial charge in [-0.2, -0.15) is 0 Å². The van der Waals surface area contributed by atoms with Crippen molar-refractivity contribution in [3.8, 4) is 0 Å². The zero-order valence-corrected chi connectivity index (χ0v) is 27.6. The van der Waals surface area contributed by atoms with E-state index in [0.717, 1.165) is 5.56 Å². The number of nitrogens with one attached hydrogen (secondary N) is 3. The molecule has 0 bridgehead atoms. The van der Waals surface area contributed by atoms with Crippen LogP contribution in [0.4, 0.5) is 27.2 Å². The maximum Gasteiger partial charge on any atom is 0.408 e. The van der Waals surface area contributed by atoms with Crippen LogP contribution in [0.25, 0.3) is 0 Å². The number of piperazine rings is 1. The largest absolute Gasteiger partial charge is 0.444 e. The minimum atomic E-state index is -0.688. The number of rotatable bonds is 8. The van der Waals surface area contributed by atoms with Crippen LogP contribution in [0.3, 0.4) is 0 Å². The number of nitrogens with zero attached hydrogens (tertiary/aromatic N) is 5. The van der Waals surface area contributed by atoms with E-state index in [1.165, 1.54) is 17.5 Å². The zero-order chi connectivity index (χ0) is 32.2. The minimum Gasteiger partial charge on any atom is -0.444 e. The van der Waals surface area contributed by atoms with Crippen molar-refractivity contribution in [3.63, 3.8) is 0 Å². The number of aromatic nitrogens is 3. The van der Waals surface area contributed by atoms with Crippen LogP contribution in [0, 0.1) is 19.8 Å². The SMILES string of the molecule is Cc1nc(Nc2ncc(C(=O)Nc3c(C)cccc3Cl)s2)cc(N2CCN(C(=O)C(NC(=O)OC(C)(C)C)C(C)C)CC2)n1. The van der Waals surface area contributed by atoms with Gasteiger partial charge in [0.15, 0.2) is 5.13 Å². The quantitative estimate of drug-likeness (QED) is 0.294. The molecule has 1 aliphatic rings. The zero-order valence-electron chi connectivity index (χ0n) is 26.0. The first-order chi connectivity index (χ1) is 20.7. The lowest BCUT2D eigenvalue weighted by molar-refractivity contribution is -0.134. The van der Waals surface area contributed by atoms with Gasteiger partial charge in [-0.05, 0) is 52.2 Å². The number of thiazole rings is 1. The van der Waals surface area contributed by atoms with E-state index >= 15 is 0 Å². The monoisotopic (exact) mass is 642 g/mol. The molecule has 0 spiro atoms. The van der Waals surface area contributed by atoms with Crippen LogP contribution in [-0.4, -0.2) is 75.6 Å². The molecule has 2 aromatic heterocycles. The van der Waals surface area contributed by atoms with Crippen LogP contribution < -0.4 is 20.9 Å². The molecule has 4 rings (SSSR count). The Morgan fingerprint density at radius 3 is 2.41 bits per heavy atom. The van der Waals surface area contributed by atoms with Crippen molar-refractivity contribution in [2.24, 2.45) is 5.92 Å². The molecule has 3 amide bonds. The molecule has 14 heteroatoms. The van der Waals surface area contributed by atoms with E-state index in [2.05, 4.69) is 35.8 Å². The fourth-order valence-corrected chi connectivity index (χ4v) is 5.58. The number of ether oxygens (including phenoxy) is 1. The number of para-hydroxylation sites is 1. The fourth-order valence-electron chi connectivity index (χ4n) is 4.59. The molecule has 0 aliphatic carbocycles.